The summed E-state index contributed by atoms with van der Waals surface area (Å²) in [5.41, 5.74) is -0.525. The fourth-order valence-electron chi connectivity index (χ4n) is 3.13. The van der Waals surface area contributed by atoms with Crippen LogP contribution in [-0.2, 0) is 14.8 Å². The van der Waals surface area contributed by atoms with Crippen LogP contribution in [0.3, 0.4) is 0 Å². The first kappa shape index (κ1) is 18.3. The average Bonchev–Trinajstić information content (AvgIpc) is 2.54. The minimum atomic E-state index is -4.19. The number of carboxylic acid groups (broad SMARTS) is 1. The molecule has 1 aromatic rings. The number of nitro benzene ring substituents is 1. The minimum absolute atomic E-state index is 0.0765. The summed E-state index contributed by atoms with van der Waals surface area (Å²) in [5.74, 6) is -1.18. The molecule has 0 aromatic heterocycles. The van der Waals surface area contributed by atoms with E-state index >= 15 is 0 Å². The Morgan fingerprint density at radius 1 is 1.29 bits per heavy atom. The maximum absolute atomic E-state index is 12.6. The quantitative estimate of drug-likeness (QED) is 0.570. The molecule has 8 nitrogen and oxygen atoms in total. The van der Waals surface area contributed by atoms with Gasteiger partial charge in [-0.25, -0.2) is 13.1 Å². The Hall–Kier alpha value is -2.00. The summed E-state index contributed by atoms with van der Waals surface area (Å²) >= 11 is 0. The van der Waals surface area contributed by atoms with Gasteiger partial charge in [-0.05, 0) is 24.8 Å². The van der Waals surface area contributed by atoms with E-state index < -0.39 is 37.5 Å². The summed E-state index contributed by atoms with van der Waals surface area (Å²) in [7, 11) is -4.19. The molecule has 0 radical (unpaired) electrons. The van der Waals surface area contributed by atoms with Crippen molar-refractivity contribution in [1.82, 2.24) is 4.72 Å². The predicted octanol–water partition coefficient (Wildman–Crippen LogP) is 2.30. The number of rotatable bonds is 7. The second-order valence-corrected chi connectivity index (χ2v) is 7.63. The van der Waals surface area contributed by atoms with Crippen LogP contribution in [0.15, 0.2) is 29.2 Å². The van der Waals surface area contributed by atoms with E-state index in [1.807, 2.05) is 0 Å². The van der Waals surface area contributed by atoms with E-state index in [-0.39, 0.29) is 12.3 Å². The Balaban J connectivity index is 2.29. The number of nitrogens with zero attached hydrogens (tertiary/aromatic N) is 1. The van der Waals surface area contributed by atoms with Gasteiger partial charge in [-0.1, -0.05) is 31.4 Å². The molecule has 0 heterocycles. The molecule has 0 aliphatic heterocycles. The second-order valence-electron chi connectivity index (χ2n) is 5.95. The molecule has 0 amide bonds. The van der Waals surface area contributed by atoms with Crippen LogP contribution in [0.1, 0.15) is 38.5 Å². The predicted molar refractivity (Wildman–Crippen MR) is 86.0 cm³/mol. The lowest BCUT2D eigenvalue weighted by molar-refractivity contribution is -0.387. The van der Waals surface area contributed by atoms with E-state index in [1.165, 1.54) is 12.1 Å². The van der Waals surface area contributed by atoms with Crippen molar-refractivity contribution in [2.75, 3.05) is 0 Å². The second kappa shape index (κ2) is 7.71. The molecule has 9 heteroatoms. The Morgan fingerprint density at radius 2 is 1.92 bits per heavy atom. The molecular weight excluding hydrogens is 336 g/mol. The lowest BCUT2D eigenvalue weighted by Crippen LogP contribution is -2.42. The summed E-state index contributed by atoms with van der Waals surface area (Å²) in [4.78, 5) is 21.0. The summed E-state index contributed by atoms with van der Waals surface area (Å²) in [6.07, 6.45) is 4.05. The summed E-state index contributed by atoms with van der Waals surface area (Å²) in [5, 5.41) is 20.1. The number of benzene rings is 1. The highest BCUT2D eigenvalue weighted by atomic mass is 32.2. The molecule has 24 heavy (non-hydrogen) atoms. The fraction of sp³-hybridized carbons (Fsp3) is 0.533. The number of carboxylic acids is 1. The van der Waals surface area contributed by atoms with E-state index in [0.717, 1.165) is 44.2 Å². The van der Waals surface area contributed by atoms with Crippen LogP contribution < -0.4 is 4.72 Å². The molecule has 0 unspecified atom stereocenters. The number of hydrogen-bond donors (Lipinski definition) is 2. The Morgan fingerprint density at radius 3 is 2.50 bits per heavy atom. The van der Waals surface area contributed by atoms with Gasteiger partial charge in [-0.15, -0.1) is 0 Å². The average molecular weight is 356 g/mol. The third-order valence-corrected chi connectivity index (χ3v) is 5.81. The first-order valence-corrected chi connectivity index (χ1v) is 9.27. The largest absolute Gasteiger partial charge is 0.481 e. The van der Waals surface area contributed by atoms with Crippen LogP contribution in [0, 0.1) is 16.0 Å². The van der Waals surface area contributed by atoms with E-state index in [9.17, 15) is 23.3 Å². The zero-order valence-electron chi connectivity index (χ0n) is 13.1. The first-order chi connectivity index (χ1) is 11.3. The summed E-state index contributed by atoms with van der Waals surface area (Å²) in [6, 6.07) is 4.27. The molecular formula is C15H20N2O6S. The molecule has 2 N–H and O–H groups in total. The van der Waals surface area contributed by atoms with Gasteiger partial charge in [0.2, 0.25) is 10.0 Å². The van der Waals surface area contributed by atoms with Gasteiger partial charge in [0.25, 0.3) is 5.69 Å². The lowest BCUT2D eigenvalue weighted by atomic mass is 9.83. The van der Waals surface area contributed by atoms with Gasteiger partial charge in [-0.3, -0.25) is 14.9 Å². The van der Waals surface area contributed by atoms with Crippen LogP contribution in [0.4, 0.5) is 5.69 Å². The van der Waals surface area contributed by atoms with Crippen molar-refractivity contribution < 1.29 is 23.2 Å². The van der Waals surface area contributed by atoms with E-state index in [2.05, 4.69) is 4.72 Å². The maximum atomic E-state index is 12.6. The number of hydrogen-bond acceptors (Lipinski definition) is 5. The van der Waals surface area contributed by atoms with Gasteiger partial charge in [0.15, 0.2) is 4.90 Å². The van der Waals surface area contributed by atoms with Gasteiger partial charge < -0.3 is 5.11 Å². The van der Waals surface area contributed by atoms with Crippen molar-refractivity contribution in [2.24, 2.45) is 5.92 Å². The number of para-hydroxylation sites is 1. The molecule has 2 rings (SSSR count). The van der Waals surface area contributed by atoms with Crippen LogP contribution in [0.5, 0.6) is 0 Å². The number of nitro groups is 1. The topological polar surface area (TPSA) is 127 Å². The standard InChI is InChI=1S/C15H20N2O6S/c18-15(19)10-12(11-6-2-1-3-7-11)16-24(22,23)14-9-5-4-8-13(14)17(20)21/h4-5,8-9,11-12,16H,1-3,6-7,10H2,(H,18,19)/t12-/m1/s1. The van der Waals surface area contributed by atoms with Crippen molar-refractivity contribution >= 4 is 21.7 Å². The SMILES string of the molecule is O=C(O)C[C@@H](NS(=O)(=O)c1ccccc1[N+](=O)[O-])C1CCCCC1. The summed E-state index contributed by atoms with van der Waals surface area (Å²) < 4.78 is 27.6. The Bertz CT molecular complexity index is 712. The molecule has 0 saturated heterocycles. The lowest BCUT2D eigenvalue weighted by Gasteiger charge is -2.29. The van der Waals surface area contributed by atoms with Gasteiger partial charge in [0.05, 0.1) is 11.3 Å². The Labute approximate surface area is 140 Å². The normalized spacial score (nSPS) is 17.3. The fourth-order valence-corrected chi connectivity index (χ4v) is 4.60. The van der Waals surface area contributed by atoms with Crippen LogP contribution in [0.2, 0.25) is 0 Å². The minimum Gasteiger partial charge on any atom is -0.481 e. The number of sulfonamides is 1. The van der Waals surface area contributed by atoms with Crippen molar-refractivity contribution in [1.29, 1.82) is 0 Å². The van der Waals surface area contributed by atoms with E-state index in [0.29, 0.717) is 0 Å². The first-order valence-electron chi connectivity index (χ1n) is 7.79. The highest BCUT2D eigenvalue weighted by Crippen LogP contribution is 2.30. The third-order valence-electron chi connectivity index (χ3n) is 4.27. The summed E-state index contributed by atoms with van der Waals surface area (Å²) in [6.45, 7) is 0. The highest BCUT2D eigenvalue weighted by molar-refractivity contribution is 7.89. The molecule has 1 saturated carbocycles. The molecule has 1 aliphatic rings. The van der Waals surface area contributed by atoms with Crippen LogP contribution in [0.25, 0.3) is 0 Å². The number of carbonyl (C=O) groups is 1. The zero-order valence-corrected chi connectivity index (χ0v) is 13.9. The van der Waals surface area contributed by atoms with Crippen molar-refractivity contribution in [3.63, 3.8) is 0 Å². The maximum Gasteiger partial charge on any atom is 0.304 e. The molecule has 1 fully saturated rings. The molecule has 1 aromatic carbocycles. The van der Waals surface area contributed by atoms with E-state index in [4.69, 9.17) is 5.11 Å². The molecule has 132 valence electrons. The zero-order chi connectivity index (χ0) is 17.7. The smallest absolute Gasteiger partial charge is 0.304 e. The van der Waals surface area contributed by atoms with Gasteiger partial charge in [0.1, 0.15) is 0 Å². The number of nitrogens with one attached hydrogen (secondary N) is 1. The van der Waals surface area contributed by atoms with Crippen LogP contribution in [-0.4, -0.2) is 30.5 Å². The molecule has 0 bridgehead atoms. The third kappa shape index (κ3) is 4.51. The van der Waals surface area contributed by atoms with Gasteiger partial charge in [-0.2, -0.15) is 0 Å². The van der Waals surface area contributed by atoms with Crippen LogP contribution >= 0.6 is 0 Å². The van der Waals surface area contributed by atoms with E-state index in [1.54, 1.807) is 0 Å². The van der Waals surface area contributed by atoms with Crippen molar-refractivity contribution in [3.05, 3.63) is 34.4 Å². The van der Waals surface area contributed by atoms with Gasteiger partial charge in [0, 0.05) is 12.1 Å². The van der Waals surface area contributed by atoms with Crippen molar-refractivity contribution in [3.8, 4) is 0 Å². The number of aliphatic carboxylic acids is 1. The molecule has 1 atom stereocenters. The van der Waals surface area contributed by atoms with Crippen molar-refractivity contribution in [2.45, 2.75) is 49.5 Å². The molecule has 1 aliphatic carbocycles. The van der Waals surface area contributed by atoms with Gasteiger partial charge >= 0.3 is 5.97 Å². The highest BCUT2D eigenvalue weighted by Gasteiger charge is 2.32. The monoisotopic (exact) mass is 356 g/mol. The molecule has 0 spiro atoms. The Kier molecular flexibility index (Phi) is 5.89.